The molecule has 1 heterocycles. The number of rotatable bonds is 7. The first kappa shape index (κ1) is 24.6. The summed E-state index contributed by atoms with van der Waals surface area (Å²) in [5.41, 5.74) is 8.99. The second kappa shape index (κ2) is 10.6. The Bertz CT molecular complexity index is 1870. The molecule has 41 heavy (non-hydrogen) atoms. The van der Waals surface area contributed by atoms with E-state index < -0.39 is 0 Å². The molecule has 6 aromatic carbocycles. The summed E-state index contributed by atoms with van der Waals surface area (Å²) in [6, 6.07) is 57.8. The van der Waals surface area contributed by atoms with Crippen molar-refractivity contribution in [2.24, 2.45) is 0 Å². The summed E-state index contributed by atoms with van der Waals surface area (Å²) >= 11 is 0. The third-order valence-electron chi connectivity index (χ3n) is 7.59. The zero-order valence-electron chi connectivity index (χ0n) is 22.9. The van der Waals surface area contributed by atoms with Gasteiger partial charge in [0.05, 0.1) is 0 Å². The summed E-state index contributed by atoms with van der Waals surface area (Å²) in [7, 11) is 0. The molecule has 0 unspecified atom stereocenters. The van der Waals surface area contributed by atoms with E-state index >= 15 is 0 Å². The number of hydrogen-bond donors (Lipinski definition) is 0. The van der Waals surface area contributed by atoms with E-state index in [1.54, 1.807) is 0 Å². The van der Waals surface area contributed by atoms with Crippen molar-refractivity contribution in [3.8, 4) is 0 Å². The van der Waals surface area contributed by atoms with Gasteiger partial charge in [0.15, 0.2) is 0 Å². The fourth-order valence-corrected chi connectivity index (χ4v) is 5.75. The van der Waals surface area contributed by atoms with Gasteiger partial charge >= 0.3 is 0 Å². The Hall–Kier alpha value is -5.46. The zero-order valence-corrected chi connectivity index (χ0v) is 22.9. The molecule has 0 amide bonds. The van der Waals surface area contributed by atoms with Crippen LogP contribution >= 0.6 is 0 Å². The lowest BCUT2D eigenvalue weighted by molar-refractivity contribution is 0.827. The highest BCUT2D eigenvalue weighted by atomic mass is 15.2. The SMILES string of the molecule is CCn1c2c#cccc2c2cc(N(c3ccccc3)c3ccc(N(c4ccccc4)c4ccccc4)cc3)ccc21. The summed E-state index contributed by atoms with van der Waals surface area (Å²) in [6.45, 7) is 3.07. The smallest absolute Gasteiger partial charge is 0.101 e. The van der Waals surface area contributed by atoms with E-state index in [1.807, 2.05) is 6.07 Å². The normalized spacial score (nSPS) is 11.0. The Morgan fingerprint density at radius 1 is 0.512 bits per heavy atom. The lowest BCUT2D eigenvalue weighted by atomic mass is 10.1. The van der Waals surface area contributed by atoms with E-state index in [0.717, 1.165) is 46.2 Å². The van der Waals surface area contributed by atoms with Crippen molar-refractivity contribution in [2.75, 3.05) is 9.80 Å². The lowest BCUT2D eigenvalue weighted by Crippen LogP contribution is -2.12. The molecule has 0 aliphatic rings. The molecule has 0 saturated heterocycles. The number of benzene rings is 5. The van der Waals surface area contributed by atoms with Crippen LogP contribution < -0.4 is 9.80 Å². The van der Waals surface area contributed by atoms with Crippen molar-refractivity contribution >= 4 is 55.9 Å². The summed E-state index contributed by atoms with van der Waals surface area (Å²) < 4.78 is 2.31. The van der Waals surface area contributed by atoms with Crippen molar-refractivity contribution in [3.63, 3.8) is 0 Å². The van der Waals surface area contributed by atoms with Crippen molar-refractivity contribution in [1.82, 2.24) is 4.57 Å². The molecule has 0 aliphatic heterocycles. The first-order chi connectivity index (χ1) is 20.3. The van der Waals surface area contributed by atoms with E-state index in [0.29, 0.717) is 0 Å². The second-order valence-corrected chi connectivity index (χ2v) is 10.0. The summed E-state index contributed by atoms with van der Waals surface area (Å²) in [6.07, 6.45) is 0. The molecule has 1 aromatic heterocycles. The molecule has 0 aliphatic carbocycles. The van der Waals surface area contributed by atoms with Crippen LogP contribution in [0.25, 0.3) is 21.8 Å². The minimum absolute atomic E-state index is 0.886. The monoisotopic (exact) mass is 527 g/mol. The Morgan fingerprint density at radius 3 is 1.49 bits per heavy atom. The third kappa shape index (κ3) is 4.46. The lowest BCUT2D eigenvalue weighted by Gasteiger charge is -2.28. The highest BCUT2D eigenvalue weighted by molar-refractivity contribution is 6.09. The fourth-order valence-electron chi connectivity index (χ4n) is 5.75. The standard InChI is InChI=1S/C38H29N3/c1-2-39-37-21-13-12-20-35(37)36-28-34(26-27-38(36)39)41(31-18-10-5-11-19-31)33-24-22-32(23-25-33)40(29-14-6-3-7-15-29)30-16-8-4-9-17-30/h3-12,14-20,22-28H,2H2,1H3. The highest BCUT2D eigenvalue weighted by Gasteiger charge is 2.17. The topological polar surface area (TPSA) is 11.4 Å². The molecular weight excluding hydrogens is 498 g/mol. The number of anilines is 6. The molecule has 0 bridgehead atoms. The number of aryl methyl sites for hydroxylation is 1. The molecule has 0 spiro atoms. The Labute approximate surface area is 241 Å². The van der Waals surface area contributed by atoms with E-state index in [1.165, 1.54) is 16.3 Å². The van der Waals surface area contributed by atoms with Crippen LogP contribution in [0.4, 0.5) is 34.1 Å². The molecule has 3 nitrogen and oxygen atoms in total. The zero-order chi connectivity index (χ0) is 27.6. The summed E-state index contributed by atoms with van der Waals surface area (Å²) in [5.74, 6) is 0. The third-order valence-corrected chi connectivity index (χ3v) is 7.59. The minimum atomic E-state index is 0.886. The van der Waals surface area contributed by atoms with Crippen LogP contribution in [0.1, 0.15) is 6.92 Å². The molecule has 0 saturated carbocycles. The maximum atomic E-state index is 3.34. The molecule has 7 rings (SSSR count). The van der Waals surface area contributed by atoms with Gasteiger partial charge in [-0.1, -0.05) is 60.7 Å². The highest BCUT2D eigenvalue weighted by Crippen LogP contribution is 2.40. The average Bonchev–Trinajstić information content (AvgIpc) is 3.37. The van der Waals surface area contributed by atoms with Gasteiger partial charge in [0.25, 0.3) is 0 Å². The Morgan fingerprint density at radius 2 is 0.976 bits per heavy atom. The van der Waals surface area contributed by atoms with Crippen LogP contribution in [0.15, 0.2) is 146 Å². The molecule has 0 N–H and O–H groups in total. The number of aromatic nitrogens is 1. The van der Waals surface area contributed by atoms with Gasteiger partial charge in [-0.3, -0.25) is 0 Å². The van der Waals surface area contributed by atoms with E-state index in [2.05, 4.69) is 173 Å². The Kier molecular flexibility index (Phi) is 6.35. The molecular formula is C38H29N3. The van der Waals surface area contributed by atoms with Crippen LogP contribution in [0.3, 0.4) is 0 Å². The first-order valence-electron chi connectivity index (χ1n) is 14.0. The second-order valence-electron chi connectivity index (χ2n) is 10.0. The van der Waals surface area contributed by atoms with Crippen molar-refractivity contribution in [1.29, 1.82) is 0 Å². The summed E-state index contributed by atoms with van der Waals surface area (Å²) in [4.78, 5) is 4.61. The van der Waals surface area contributed by atoms with Crippen molar-refractivity contribution < 1.29 is 0 Å². The van der Waals surface area contributed by atoms with Gasteiger partial charge in [-0.25, -0.2) is 0 Å². The number of fused-ring (bicyclic) bond motifs is 3. The van der Waals surface area contributed by atoms with Crippen LogP contribution in [0.5, 0.6) is 0 Å². The van der Waals surface area contributed by atoms with Gasteiger partial charge < -0.3 is 14.4 Å². The molecule has 0 fully saturated rings. The van der Waals surface area contributed by atoms with Gasteiger partial charge in [0, 0.05) is 57.0 Å². The van der Waals surface area contributed by atoms with E-state index in [4.69, 9.17) is 0 Å². The van der Waals surface area contributed by atoms with Crippen LogP contribution in [-0.4, -0.2) is 4.57 Å². The molecule has 196 valence electrons. The average molecular weight is 528 g/mol. The molecule has 7 aromatic rings. The van der Waals surface area contributed by atoms with Crippen LogP contribution in [0.2, 0.25) is 0 Å². The molecule has 0 atom stereocenters. The maximum absolute atomic E-state index is 3.34. The van der Waals surface area contributed by atoms with Gasteiger partial charge in [-0.2, -0.15) is 0 Å². The van der Waals surface area contributed by atoms with Gasteiger partial charge in [0.2, 0.25) is 0 Å². The van der Waals surface area contributed by atoms with Crippen molar-refractivity contribution in [3.05, 3.63) is 158 Å². The van der Waals surface area contributed by atoms with Gasteiger partial charge in [0.1, 0.15) is 5.52 Å². The van der Waals surface area contributed by atoms with Gasteiger partial charge in [-0.05, 0) is 104 Å². The largest absolute Gasteiger partial charge is 0.334 e. The predicted molar refractivity (Wildman–Crippen MR) is 172 cm³/mol. The number of nitrogens with zero attached hydrogens (tertiary/aromatic N) is 3. The van der Waals surface area contributed by atoms with Crippen molar-refractivity contribution in [2.45, 2.75) is 13.5 Å². The summed E-state index contributed by atoms with van der Waals surface area (Å²) in [5, 5.41) is 2.42. The predicted octanol–water partition coefficient (Wildman–Crippen LogP) is 10.4. The molecule has 3 heteroatoms. The minimum Gasteiger partial charge on any atom is -0.334 e. The maximum Gasteiger partial charge on any atom is 0.101 e. The fraction of sp³-hybridized carbons (Fsp3) is 0.0526. The molecule has 0 radical (unpaired) electrons. The van der Waals surface area contributed by atoms with Gasteiger partial charge in [-0.15, -0.1) is 0 Å². The number of para-hydroxylation sites is 3. The van der Waals surface area contributed by atoms with Crippen LogP contribution in [-0.2, 0) is 6.54 Å². The van der Waals surface area contributed by atoms with E-state index in [9.17, 15) is 0 Å². The Balaban J connectivity index is 1.35. The number of hydrogen-bond acceptors (Lipinski definition) is 2. The quantitative estimate of drug-likeness (QED) is 0.204. The first-order valence-corrected chi connectivity index (χ1v) is 14.0. The van der Waals surface area contributed by atoms with Crippen LogP contribution in [0, 0.1) is 12.1 Å². The van der Waals surface area contributed by atoms with E-state index in [-0.39, 0.29) is 0 Å².